The molecule has 3 rings (SSSR count). The molecule has 1 saturated carbocycles. The lowest BCUT2D eigenvalue weighted by Gasteiger charge is -2.30. The first kappa shape index (κ1) is 16.4. The Bertz CT molecular complexity index is 551. The van der Waals surface area contributed by atoms with E-state index in [9.17, 15) is 4.79 Å². The second-order valence-electron chi connectivity index (χ2n) is 6.98. The van der Waals surface area contributed by atoms with Crippen LogP contribution in [0.3, 0.4) is 0 Å². The summed E-state index contributed by atoms with van der Waals surface area (Å²) in [5, 5.41) is 8.64. The molecule has 1 saturated heterocycles. The molecule has 1 aliphatic heterocycles. The molecule has 1 atom stereocenters. The number of carbonyl (C=O) groups is 1. The fourth-order valence-corrected chi connectivity index (χ4v) is 3.70. The number of amides is 1. The molecule has 0 aromatic carbocycles. The van der Waals surface area contributed by atoms with Crippen LogP contribution in [0.25, 0.3) is 0 Å². The Morgan fingerprint density at radius 3 is 2.74 bits per heavy atom. The minimum Gasteiger partial charge on any atom is -0.338 e. The van der Waals surface area contributed by atoms with E-state index in [0.29, 0.717) is 12.1 Å². The van der Waals surface area contributed by atoms with Crippen molar-refractivity contribution in [3.05, 3.63) is 11.6 Å². The third kappa shape index (κ3) is 3.74. The number of carbonyl (C=O) groups excluding carboxylic acids is 1. The molecule has 2 aliphatic rings. The van der Waals surface area contributed by atoms with E-state index in [1.807, 2.05) is 6.92 Å². The summed E-state index contributed by atoms with van der Waals surface area (Å²) in [5.41, 5.74) is 0. The van der Waals surface area contributed by atoms with E-state index in [-0.39, 0.29) is 5.91 Å². The van der Waals surface area contributed by atoms with Crippen LogP contribution in [-0.2, 0) is 17.9 Å². The van der Waals surface area contributed by atoms with Gasteiger partial charge in [0.15, 0.2) is 0 Å². The van der Waals surface area contributed by atoms with Crippen LogP contribution in [0.4, 0.5) is 0 Å². The van der Waals surface area contributed by atoms with Gasteiger partial charge in [-0.1, -0.05) is 6.92 Å². The van der Waals surface area contributed by atoms with Gasteiger partial charge in [-0.15, -0.1) is 10.2 Å². The van der Waals surface area contributed by atoms with Crippen molar-refractivity contribution in [3.8, 4) is 0 Å². The summed E-state index contributed by atoms with van der Waals surface area (Å²) in [6.45, 7) is 9.72. The van der Waals surface area contributed by atoms with Crippen LogP contribution in [0, 0.1) is 6.92 Å². The van der Waals surface area contributed by atoms with Gasteiger partial charge in [0.2, 0.25) is 5.91 Å². The largest absolute Gasteiger partial charge is 0.338 e. The summed E-state index contributed by atoms with van der Waals surface area (Å²) >= 11 is 0. The second-order valence-corrected chi connectivity index (χ2v) is 6.98. The summed E-state index contributed by atoms with van der Waals surface area (Å²) < 4.78 is 2.24. The Hall–Kier alpha value is -1.43. The summed E-state index contributed by atoms with van der Waals surface area (Å²) in [6.07, 6.45) is 5.83. The van der Waals surface area contributed by atoms with Crippen molar-refractivity contribution < 1.29 is 4.79 Å². The van der Waals surface area contributed by atoms with E-state index in [0.717, 1.165) is 44.2 Å². The van der Waals surface area contributed by atoms with Gasteiger partial charge in [-0.05, 0) is 45.6 Å². The fourth-order valence-electron chi connectivity index (χ4n) is 3.70. The van der Waals surface area contributed by atoms with E-state index in [1.165, 1.54) is 25.7 Å². The van der Waals surface area contributed by atoms with E-state index < -0.39 is 0 Å². The van der Waals surface area contributed by atoms with Crippen LogP contribution < -0.4 is 0 Å². The molecule has 1 amide bonds. The zero-order valence-corrected chi connectivity index (χ0v) is 14.7. The van der Waals surface area contributed by atoms with Gasteiger partial charge < -0.3 is 9.47 Å². The van der Waals surface area contributed by atoms with E-state index in [4.69, 9.17) is 0 Å². The quantitative estimate of drug-likeness (QED) is 0.771. The Kier molecular flexibility index (Phi) is 4.99. The molecule has 23 heavy (non-hydrogen) atoms. The highest BCUT2D eigenvalue weighted by Gasteiger charge is 2.35. The normalized spacial score (nSPS) is 21.8. The molecule has 1 aliphatic carbocycles. The Morgan fingerprint density at radius 2 is 2.09 bits per heavy atom. The molecular weight excluding hydrogens is 290 g/mol. The maximum absolute atomic E-state index is 11.9. The van der Waals surface area contributed by atoms with Crippen molar-refractivity contribution in [2.75, 3.05) is 13.1 Å². The fraction of sp³-hybridized carbons (Fsp3) is 0.824. The first-order valence-corrected chi connectivity index (χ1v) is 9.00. The first-order valence-electron chi connectivity index (χ1n) is 9.00. The van der Waals surface area contributed by atoms with Gasteiger partial charge in [0.25, 0.3) is 0 Å². The second kappa shape index (κ2) is 6.99. The number of aryl methyl sites for hydroxylation is 1. The maximum atomic E-state index is 11.9. The average Bonchev–Trinajstić information content (AvgIpc) is 3.18. The topological polar surface area (TPSA) is 54.3 Å². The Labute approximate surface area is 138 Å². The van der Waals surface area contributed by atoms with Crippen molar-refractivity contribution >= 4 is 5.91 Å². The zero-order chi connectivity index (χ0) is 16.4. The molecule has 0 radical (unpaired) electrons. The number of hydrogen-bond acceptors (Lipinski definition) is 4. The van der Waals surface area contributed by atoms with Crippen LogP contribution in [0.5, 0.6) is 0 Å². The smallest absolute Gasteiger partial charge is 0.219 e. The van der Waals surface area contributed by atoms with Crippen molar-refractivity contribution in [2.45, 2.75) is 78.0 Å². The number of nitrogens with zero attached hydrogens (tertiary/aromatic N) is 5. The molecule has 2 fully saturated rings. The standard InChI is InChI=1S/C17H29N5O/c1-4-9-21-13(2)18-19-17(21)12-20-10-5-6-16(20)11-22(14(3)23)15-7-8-15/h15-16H,4-12H2,1-3H3/t16-/m0/s1. The predicted molar refractivity (Wildman–Crippen MR) is 88.9 cm³/mol. The molecule has 0 unspecified atom stereocenters. The minimum absolute atomic E-state index is 0.226. The number of hydrogen-bond donors (Lipinski definition) is 0. The van der Waals surface area contributed by atoms with E-state index in [1.54, 1.807) is 6.92 Å². The molecule has 1 aromatic rings. The highest BCUT2D eigenvalue weighted by Crippen LogP contribution is 2.29. The lowest BCUT2D eigenvalue weighted by atomic mass is 10.2. The van der Waals surface area contributed by atoms with Gasteiger partial charge in [-0.3, -0.25) is 9.69 Å². The lowest BCUT2D eigenvalue weighted by Crippen LogP contribution is -2.43. The van der Waals surface area contributed by atoms with Gasteiger partial charge in [-0.2, -0.15) is 0 Å². The van der Waals surface area contributed by atoms with Gasteiger partial charge in [0.1, 0.15) is 11.6 Å². The summed E-state index contributed by atoms with van der Waals surface area (Å²) in [5.74, 6) is 2.29. The van der Waals surface area contributed by atoms with Crippen LogP contribution in [0.2, 0.25) is 0 Å². The molecule has 128 valence electrons. The molecule has 2 heterocycles. The van der Waals surface area contributed by atoms with Crippen molar-refractivity contribution in [1.29, 1.82) is 0 Å². The number of likely N-dealkylation sites (tertiary alicyclic amines) is 1. The minimum atomic E-state index is 0.226. The highest BCUT2D eigenvalue weighted by atomic mass is 16.2. The monoisotopic (exact) mass is 319 g/mol. The van der Waals surface area contributed by atoms with Crippen LogP contribution in [-0.4, -0.2) is 55.6 Å². The zero-order valence-electron chi connectivity index (χ0n) is 14.7. The number of aromatic nitrogens is 3. The van der Waals surface area contributed by atoms with Crippen molar-refractivity contribution in [1.82, 2.24) is 24.6 Å². The van der Waals surface area contributed by atoms with Gasteiger partial charge in [-0.25, -0.2) is 0 Å². The van der Waals surface area contributed by atoms with Gasteiger partial charge in [0, 0.05) is 32.1 Å². The highest BCUT2D eigenvalue weighted by molar-refractivity contribution is 5.74. The lowest BCUT2D eigenvalue weighted by molar-refractivity contribution is -0.130. The molecular formula is C17H29N5O. The van der Waals surface area contributed by atoms with Crippen molar-refractivity contribution in [2.24, 2.45) is 0 Å². The van der Waals surface area contributed by atoms with Gasteiger partial charge >= 0.3 is 0 Å². The Balaban J connectivity index is 1.66. The predicted octanol–water partition coefficient (Wildman–Crippen LogP) is 1.97. The van der Waals surface area contributed by atoms with Crippen molar-refractivity contribution in [3.63, 3.8) is 0 Å². The van der Waals surface area contributed by atoms with Crippen LogP contribution >= 0.6 is 0 Å². The molecule has 6 nitrogen and oxygen atoms in total. The maximum Gasteiger partial charge on any atom is 0.219 e. The average molecular weight is 319 g/mol. The SMILES string of the molecule is CCCn1c(C)nnc1CN1CCC[C@H]1CN(C(C)=O)C1CC1. The number of rotatable bonds is 7. The first-order chi connectivity index (χ1) is 11.1. The third-order valence-electron chi connectivity index (χ3n) is 5.10. The molecule has 1 aromatic heterocycles. The molecule has 6 heteroatoms. The van der Waals surface area contributed by atoms with E-state index in [2.05, 4.69) is 31.5 Å². The molecule has 0 N–H and O–H groups in total. The van der Waals surface area contributed by atoms with Crippen LogP contribution in [0.1, 0.15) is 57.6 Å². The summed E-state index contributed by atoms with van der Waals surface area (Å²) in [7, 11) is 0. The van der Waals surface area contributed by atoms with E-state index >= 15 is 0 Å². The third-order valence-corrected chi connectivity index (χ3v) is 5.10. The Morgan fingerprint density at radius 1 is 1.30 bits per heavy atom. The summed E-state index contributed by atoms with van der Waals surface area (Å²) in [4.78, 5) is 16.5. The van der Waals surface area contributed by atoms with Gasteiger partial charge in [0.05, 0.1) is 6.54 Å². The molecule has 0 bridgehead atoms. The molecule has 0 spiro atoms. The van der Waals surface area contributed by atoms with Crippen LogP contribution in [0.15, 0.2) is 0 Å². The summed E-state index contributed by atoms with van der Waals surface area (Å²) in [6, 6.07) is 0.965.